The molecule has 0 radical (unpaired) electrons. The van der Waals surface area contributed by atoms with Gasteiger partial charge in [0.05, 0.1) is 18.4 Å². The van der Waals surface area contributed by atoms with Crippen molar-refractivity contribution in [2.75, 3.05) is 44.0 Å². The Hall–Kier alpha value is -2.78. The molecule has 1 amide bonds. The van der Waals surface area contributed by atoms with Crippen LogP contribution in [0.5, 0.6) is 5.75 Å². The number of benzene rings is 1. The number of hydrogen-bond donors (Lipinski definition) is 1. The molecule has 4 rings (SSSR count). The van der Waals surface area contributed by atoms with Crippen LogP contribution in [0.15, 0.2) is 36.5 Å². The third kappa shape index (κ3) is 4.46. The van der Waals surface area contributed by atoms with Crippen LogP contribution >= 0.6 is 11.3 Å². The summed E-state index contributed by atoms with van der Waals surface area (Å²) in [5.41, 5.74) is 0.772. The number of likely N-dealkylation sites (N-methyl/N-ethyl adjacent to an activating group) is 1. The van der Waals surface area contributed by atoms with Crippen LogP contribution in [-0.4, -0.2) is 65.8 Å². The largest absolute Gasteiger partial charge is 0.494 e. The van der Waals surface area contributed by atoms with E-state index in [-0.39, 0.29) is 5.91 Å². The maximum absolute atomic E-state index is 12.5. The number of para-hydroxylation sites is 1. The topological polar surface area (TPSA) is 83.5 Å². The van der Waals surface area contributed by atoms with Gasteiger partial charge in [-0.05, 0) is 44.2 Å². The number of anilines is 2. The molecule has 152 valence electrons. The van der Waals surface area contributed by atoms with E-state index in [4.69, 9.17) is 4.74 Å². The number of nitrogens with zero attached hydrogens (tertiary/aromatic N) is 5. The van der Waals surface area contributed by atoms with Gasteiger partial charge in [-0.2, -0.15) is 5.10 Å². The molecule has 1 unspecified atom stereocenters. The van der Waals surface area contributed by atoms with E-state index in [1.165, 1.54) is 11.3 Å². The first kappa shape index (κ1) is 19.5. The summed E-state index contributed by atoms with van der Waals surface area (Å²) in [7, 11) is 3.59. The molecule has 8 nitrogen and oxygen atoms in total. The van der Waals surface area contributed by atoms with Gasteiger partial charge in [-0.25, -0.2) is 4.98 Å². The summed E-state index contributed by atoms with van der Waals surface area (Å²) >= 11 is 1.45. The summed E-state index contributed by atoms with van der Waals surface area (Å²) in [5, 5.41) is 11.7. The van der Waals surface area contributed by atoms with E-state index in [2.05, 4.69) is 25.4 Å². The lowest BCUT2D eigenvalue weighted by Gasteiger charge is -2.28. The Kier molecular flexibility index (Phi) is 5.86. The molecule has 1 saturated heterocycles. The second-order valence-electron chi connectivity index (χ2n) is 7.14. The highest BCUT2D eigenvalue weighted by atomic mass is 32.1. The van der Waals surface area contributed by atoms with E-state index in [1.807, 2.05) is 42.3 Å². The number of aromatic nitrogens is 3. The Labute approximate surface area is 173 Å². The van der Waals surface area contributed by atoms with Crippen LogP contribution in [0.2, 0.25) is 0 Å². The summed E-state index contributed by atoms with van der Waals surface area (Å²) < 4.78 is 6.33. The lowest BCUT2D eigenvalue weighted by Crippen LogP contribution is -2.42. The van der Waals surface area contributed by atoms with Gasteiger partial charge in [0, 0.05) is 25.3 Å². The van der Waals surface area contributed by atoms with Crippen molar-refractivity contribution < 1.29 is 9.53 Å². The van der Waals surface area contributed by atoms with Crippen molar-refractivity contribution in [3.05, 3.63) is 36.5 Å². The van der Waals surface area contributed by atoms with Crippen molar-refractivity contribution in [2.24, 2.45) is 0 Å². The molecule has 0 aliphatic carbocycles. The molecular formula is C20H24N6O2S. The quantitative estimate of drug-likeness (QED) is 0.639. The number of ether oxygens (including phenoxy) is 1. The van der Waals surface area contributed by atoms with Crippen molar-refractivity contribution in [3.8, 4) is 5.75 Å². The minimum atomic E-state index is -0.0745. The Bertz CT molecular complexity index is 980. The molecule has 3 heterocycles. The lowest BCUT2D eigenvalue weighted by molar-refractivity contribution is -0.117. The highest BCUT2D eigenvalue weighted by molar-refractivity contribution is 7.22. The smallest absolute Gasteiger partial charge is 0.240 e. The fourth-order valence-corrected chi connectivity index (χ4v) is 4.64. The average Bonchev–Trinajstić information content (AvgIpc) is 3.34. The zero-order valence-electron chi connectivity index (χ0n) is 16.5. The molecule has 1 atom stereocenters. The molecule has 1 N–H and O–H groups in total. The number of amides is 1. The van der Waals surface area contributed by atoms with Crippen LogP contribution in [0.3, 0.4) is 0 Å². The Morgan fingerprint density at radius 3 is 3.07 bits per heavy atom. The minimum absolute atomic E-state index is 0.0745. The van der Waals surface area contributed by atoms with Gasteiger partial charge in [0.2, 0.25) is 5.91 Å². The van der Waals surface area contributed by atoms with Gasteiger partial charge in [0.15, 0.2) is 10.9 Å². The highest BCUT2D eigenvalue weighted by Gasteiger charge is 2.27. The molecule has 2 aromatic heterocycles. The maximum atomic E-state index is 12.5. The molecule has 29 heavy (non-hydrogen) atoms. The Balaban J connectivity index is 1.35. The summed E-state index contributed by atoms with van der Waals surface area (Å²) in [6.07, 6.45) is 3.89. The van der Waals surface area contributed by atoms with Gasteiger partial charge in [-0.1, -0.05) is 17.4 Å². The second-order valence-corrected chi connectivity index (χ2v) is 8.17. The molecule has 3 aromatic rings. The molecule has 1 fully saturated rings. The second kappa shape index (κ2) is 8.71. The van der Waals surface area contributed by atoms with Crippen LogP contribution in [0.4, 0.5) is 10.9 Å². The number of thiazole rings is 1. The SMILES string of the molecule is COc1cccc2sc(NC(=O)CN(C)CC3CCCN3c3cccnn3)nc12. The summed E-state index contributed by atoms with van der Waals surface area (Å²) in [5.74, 6) is 1.53. The van der Waals surface area contributed by atoms with E-state index in [0.29, 0.717) is 23.5 Å². The molecule has 0 bridgehead atoms. The van der Waals surface area contributed by atoms with Crippen molar-refractivity contribution >= 4 is 38.4 Å². The number of carbonyl (C=O) groups is 1. The normalized spacial score (nSPS) is 16.5. The monoisotopic (exact) mass is 412 g/mol. The van der Waals surface area contributed by atoms with Crippen LogP contribution < -0.4 is 15.0 Å². The van der Waals surface area contributed by atoms with Crippen LogP contribution in [-0.2, 0) is 4.79 Å². The van der Waals surface area contributed by atoms with Gasteiger partial charge in [0.1, 0.15) is 11.3 Å². The van der Waals surface area contributed by atoms with Gasteiger partial charge in [-0.3, -0.25) is 9.69 Å². The fourth-order valence-electron chi connectivity index (χ4n) is 3.74. The van der Waals surface area contributed by atoms with Crippen molar-refractivity contribution in [2.45, 2.75) is 18.9 Å². The van der Waals surface area contributed by atoms with E-state index < -0.39 is 0 Å². The fraction of sp³-hybridized carbons (Fsp3) is 0.400. The molecular weight excluding hydrogens is 388 g/mol. The average molecular weight is 413 g/mol. The van der Waals surface area contributed by atoms with Crippen molar-refractivity contribution in [1.29, 1.82) is 0 Å². The van der Waals surface area contributed by atoms with E-state index >= 15 is 0 Å². The minimum Gasteiger partial charge on any atom is -0.494 e. The Morgan fingerprint density at radius 2 is 2.28 bits per heavy atom. The van der Waals surface area contributed by atoms with Crippen LogP contribution in [0.1, 0.15) is 12.8 Å². The van der Waals surface area contributed by atoms with Gasteiger partial charge in [-0.15, -0.1) is 5.10 Å². The lowest BCUT2D eigenvalue weighted by atomic mass is 10.2. The summed E-state index contributed by atoms with van der Waals surface area (Å²) in [4.78, 5) is 21.4. The number of methoxy groups -OCH3 is 1. The molecule has 0 spiro atoms. The zero-order chi connectivity index (χ0) is 20.2. The van der Waals surface area contributed by atoms with Gasteiger partial charge in [0.25, 0.3) is 0 Å². The zero-order valence-corrected chi connectivity index (χ0v) is 17.4. The third-order valence-corrected chi connectivity index (χ3v) is 5.95. The van der Waals surface area contributed by atoms with Crippen LogP contribution in [0.25, 0.3) is 10.2 Å². The molecule has 1 aromatic carbocycles. The Morgan fingerprint density at radius 1 is 1.38 bits per heavy atom. The van der Waals surface area contributed by atoms with E-state index in [9.17, 15) is 4.79 Å². The first-order valence-corrected chi connectivity index (χ1v) is 10.4. The van der Waals surface area contributed by atoms with Crippen molar-refractivity contribution in [3.63, 3.8) is 0 Å². The number of hydrogen-bond acceptors (Lipinski definition) is 8. The first-order valence-electron chi connectivity index (χ1n) is 9.60. The maximum Gasteiger partial charge on any atom is 0.240 e. The van der Waals surface area contributed by atoms with Gasteiger partial charge < -0.3 is 15.0 Å². The molecule has 0 saturated carbocycles. The number of carbonyl (C=O) groups excluding carboxylic acids is 1. The predicted octanol–water partition coefficient (Wildman–Crippen LogP) is 2.63. The van der Waals surface area contributed by atoms with Crippen molar-refractivity contribution in [1.82, 2.24) is 20.1 Å². The number of nitrogens with one attached hydrogen (secondary N) is 1. The standard InChI is InChI=1S/C20H24N6O2S/c1-25(12-14-6-5-11-26(14)17-9-4-10-21-24-17)13-18(27)22-20-23-19-15(28-2)7-3-8-16(19)29-20/h3-4,7-10,14H,5-6,11-13H2,1-2H3,(H,22,23,27). The number of fused-ring (bicyclic) bond motifs is 1. The van der Waals surface area contributed by atoms with Gasteiger partial charge >= 0.3 is 0 Å². The summed E-state index contributed by atoms with van der Waals surface area (Å²) in [6, 6.07) is 9.98. The molecule has 1 aliphatic rings. The van der Waals surface area contributed by atoms with Crippen LogP contribution in [0, 0.1) is 0 Å². The highest BCUT2D eigenvalue weighted by Crippen LogP contribution is 2.32. The first-order chi connectivity index (χ1) is 14.1. The number of rotatable bonds is 7. The van der Waals surface area contributed by atoms with E-state index in [0.717, 1.165) is 42.0 Å². The molecule has 9 heteroatoms. The molecule has 1 aliphatic heterocycles. The van der Waals surface area contributed by atoms with E-state index in [1.54, 1.807) is 13.3 Å². The third-order valence-electron chi connectivity index (χ3n) is 5.01. The predicted molar refractivity (Wildman–Crippen MR) is 115 cm³/mol. The summed E-state index contributed by atoms with van der Waals surface area (Å²) in [6.45, 7) is 2.06.